The van der Waals surface area contributed by atoms with E-state index in [1.165, 1.54) is 11.8 Å². The van der Waals surface area contributed by atoms with E-state index in [-0.39, 0.29) is 5.91 Å². The Labute approximate surface area is 184 Å². The van der Waals surface area contributed by atoms with Crippen molar-refractivity contribution in [2.24, 2.45) is 0 Å². The van der Waals surface area contributed by atoms with Crippen LogP contribution in [0.25, 0.3) is 10.9 Å². The van der Waals surface area contributed by atoms with Gasteiger partial charge in [0.2, 0.25) is 0 Å². The highest BCUT2D eigenvalue weighted by molar-refractivity contribution is 7.99. The van der Waals surface area contributed by atoms with E-state index in [0.717, 1.165) is 32.1 Å². The maximum atomic E-state index is 13.0. The van der Waals surface area contributed by atoms with Gasteiger partial charge in [-0.25, -0.2) is 4.98 Å². The number of nitrogens with one attached hydrogen (secondary N) is 1. The number of pyridine rings is 1. The Balaban J connectivity index is 1.59. The molecule has 150 valence electrons. The maximum Gasteiger partial charge on any atom is 0.252 e. The van der Waals surface area contributed by atoms with E-state index < -0.39 is 0 Å². The summed E-state index contributed by atoms with van der Waals surface area (Å²) in [6.45, 7) is 0.430. The third kappa shape index (κ3) is 4.75. The summed E-state index contributed by atoms with van der Waals surface area (Å²) in [7, 11) is 1.63. The van der Waals surface area contributed by atoms with Gasteiger partial charge in [-0.3, -0.25) is 4.79 Å². The number of aromatic nitrogens is 1. The zero-order chi connectivity index (χ0) is 20.9. The smallest absolute Gasteiger partial charge is 0.252 e. The lowest BCUT2D eigenvalue weighted by molar-refractivity contribution is 0.0952. The first kappa shape index (κ1) is 20.3. The van der Waals surface area contributed by atoms with E-state index >= 15 is 0 Å². The quantitative estimate of drug-likeness (QED) is 0.405. The molecule has 6 heteroatoms. The van der Waals surface area contributed by atoms with Crippen molar-refractivity contribution >= 4 is 40.2 Å². The molecule has 0 saturated heterocycles. The van der Waals surface area contributed by atoms with Crippen LogP contribution in [-0.2, 0) is 6.54 Å². The third-order valence-electron chi connectivity index (χ3n) is 4.59. The average Bonchev–Trinajstić information content (AvgIpc) is 2.79. The molecule has 3 aromatic carbocycles. The van der Waals surface area contributed by atoms with Gasteiger partial charge < -0.3 is 10.1 Å². The minimum absolute atomic E-state index is 0.137. The molecule has 0 bridgehead atoms. The second-order valence-corrected chi connectivity index (χ2v) is 8.14. The molecule has 0 saturated carbocycles. The van der Waals surface area contributed by atoms with Crippen molar-refractivity contribution in [2.45, 2.75) is 16.5 Å². The number of para-hydroxylation sites is 1. The van der Waals surface area contributed by atoms with Gasteiger partial charge in [0, 0.05) is 21.8 Å². The lowest BCUT2D eigenvalue weighted by Gasteiger charge is -2.11. The van der Waals surface area contributed by atoms with Crippen LogP contribution >= 0.6 is 23.4 Å². The van der Waals surface area contributed by atoms with Gasteiger partial charge in [0.15, 0.2) is 0 Å². The standard InChI is InChI=1S/C24H19ClN2O2S/c1-29-18-10-6-16(7-11-18)15-26-24(28)21-14-23(27-22-5-3-2-4-20(21)22)30-19-12-8-17(25)9-13-19/h2-14H,15H2,1H3,(H,26,28). The first-order chi connectivity index (χ1) is 14.6. The van der Waals surface area contributed by atoms with E-state index in [0.29, 0.717) is 17.1 Å². The van der Waals surface area contributed by atoms with Crippen LogP contribution in [0.5, 0.6) is 5.75 Å². The van der Waals surface area contributed by atoms with Crippen molar-refractivity contribution < 1.29 is 9.53 Å². The second-order valence-electron chi connectivity index (χ2n) is 6.61. The average molecular weight is 435 g/mol. The van der Waals surface area contributed by atoms with Gasteiger partial charge in [-0.15, -0.1) is 0 Å². The molecule has 0 spiro atoms. The SMILES string of the molecule is COc1ccc(CNC(=O)c2cc(Sc3ccc(Cl)cc3)nc3ccccc23)cc1. The lowest BCUT2D eigenvalue weighted by Crippen LogP contribution is -2.23. The number of halogens is 1. The number of hydrogen-bond acceptors (Lipinski definition) is 4. The van der Waals surface area contributed by atoms with Crippen molar-refractivity contribution in [3.05, 3.63) is 95.0 Å². The number of carbonyl (C=O) groups excluding carboxylic acids is 1. The molecule has 0 aliphatic heterocycles. The second kappa shape index (κ2) is 9.20. The first-order valence-corrected chi connectivity index (χ1v) is 10.6. The number of rotatable bonds is 6. The van der Waals surface area contributed by atoms with E-state index in [2.05, 4.69) is 5.32 Å². The predicted molar refractivity (Wildman–Crippen MR) is 121 cm³/mol. The van der Waals surface area contributed by atoms with Crippen LogP contribution in [0.15, 0.2) is 88.8 Å². The minimum Gasteiger partial charge on any atom is -0.497 e. The van der Waals surface area contributed by atoms with Crippen molar-refractivity contribution in [1.82, 2.24) is 10.3 Å². The van der Waals surface area contributed by atoms with Crippen LogP contribution in [-0.4, -0.2) is 18.0 Å². The number of hydrogen-bond donors (Lipinski definition) is 1. The molecule has 0 radical (unpaired) electrons. The molecular formula is C24H19ClN2O2S. The van der Waals surface area contributed by atoms with Gasteiger partial charge in [0.25, 0.3) is 5.91 Å². The highest BCUT2D eigenvalue weighted by Gasteiger charge is 2.14. The summed E-state index contributed by atoms with van der Waals surface area (Å²) in [4.78, 5) is 18.7. The molecule has 0 fully saturated rings. The molecule has 0 aliphatic rings. The van der Waals surface area contributed by atoms with Crippen LogP contribution in [0.4, 0.5) is 0 Å². The highest BCUT2D eigenvalue weighted by atomic mass is 35.5. The molecule has 4 nitrogen and oxygen atoms in total. The number of ether oxygens (including phenoxy) is 1. The highest BCUT2D eigenvalue weighted by Crippen LogP contribution is 2.30. The fourth-order valence-corrected chi connectivity index (χ4v) is 4.00. The van der Waals surface area contributed by atoms with Gasteiger partial charge in [0.05, 0.1) is 18.2 Å². The van der Waals surface area contributed by atoms with E-state index in [4.69, 9.17) is 21.3 Å². The van der Waals surface area contributed by atoms with Crippen LogP contribution in [0.2, 0.25) is 5.02 Å². The van der Waals surface area contributed by atoms with Crippen molar-refractivity contribution in [2.75, 3.05) is 7.11 Å². The number of carbonyl (C=O) groups is 1. The topological polar surface area (TPSA) is 51.2 Å². The maximum absolute atomic E-state index is 13.0. The molecule has 1 amide bonds. The Morgan fingerprint density at radius 1 is 1.03 bits per heavy atom. The summed E-state index contributed by atoms with van der Waals surface area (Å²) in [5.74, 6) is 0.649. The molecule has 1 aromatic heterocycles. The van der Waals surface area contributed by atoms with E-state index in [9.17, 15) is 4.79 Å². The summed E-state index contributed by atoms with van der Waals surface area (Å²) >= 11 is 7.47. The first-order valence-electron chi connectivity index (χ1n) is 9.37. The zero-order valence-corrected chi connectivity index (χ0v) is 17.8. The normalized spacial score (nSPS) is 10.7. The monoisotopic (exact) mass is 434 g/mol. The van der Waals surface area contributed by atoms with Crippen LogP contribution in [0, 0.1) is 0 Å². The molecule has 1 N–H and O–H groups in total. The molecule has 1 heterocycles. The summed E-state index contributed by atoms with van der Waals surface area (Å²) in [5, 5.41) is 5.27. The number of amides is 1. The fourth-order valence-electron chi connectivity index (χ4n) is 3.04. The lowest BCUT2D eigenvalue weighted by atomic mass is 10.1. The third-order valence-corrected chi connectivity index (χ3v) is 5.76. The van der Waals surface area contributed by atoms with Crippen molar-refractivity contribution in [1.29, 1.82) is 0 Å². The summed E-state index contributed by atoms with van der Waals surface area (Å²) in [6, 6.07) is 24.7. The Bertz CT molecular complexity index is 1180. The zero-order valence-electron chi connectivity index (χ0n) is 16.3. The van der Waals surface area contributed by atoms with Gasteiger partial charge in [-0.05, 0) is 54.1 Å². The Kier molecular flexibility index (Phi) is 6.21. The fraction of sp³-hybridized carbons (Fsp3) is 0.0833. The van der Waals surface area contributed by atoms with Gasteiger partial charge in [-0.1, -0.05) is 53.7 Å². The molecule has 0 atom stereocenters. The number of benzene rings is 3. The molecule has 4 rings (SSSR count). The number of methoxy groups -OCH3 is 1. The van der Waals surface area contributed by atoms with Crippen molar-refractivity contribution in [3.63, 3.8) is 0 Å². The van der Waals surface area contributed by atoms with Gasteiger partial charge in [-0.2, -0.15) is 0 Å². The predicted octanol–water partition coefficient (Wildman–Crippen LogP) is 5.98. The van der Waals surface area contributed by atoms with Crippen molar-refractivity contribution in [3.8, 4) is 5.75 Å². The Hall–Kier alpha value is -3.02. The summed E-state index contributed by atoms with van der Waals surface area (Å²) < 4.78 is 5.18. The van der Waals surface area contributed by atoms with E-state index in [1.54, 1.807) is 7.11 Å². The van der Waals surface area contributed by atoms with Crippen LogP contribution in [0.1, 0.15) is 15.9 Å². The van der Waals surface area contributed by atoms with Gasteiger partial charge >= 0.3 is 0 Å². The van der Waals surface area contributed by atoms with E-state index in [1.807, 2.05) is 78.9 Å². The van der Waals surface area contributed by atoms with Crippen LogP contribution in [0.3, 0.4) is 0 Å². The molecular weight excluding hydrogens is 416 g/mol. The molecule has 0 unspecified atom stereocenters. The molecule has 4 aromatic rings. The number of nitrogens with zero attached hydrogens (tertiary/aromatic N) is 1. The Morgan fingerprint density at radius 2 is 1.77 bits per heavy atom. The minimum atomic E-state index is -0.137. The Morgan fingerprint density at radius 3 is 2.50 bits per heavy atom. The van der Waals surface area contributed by atoms with Crippen LogP contribution < -0.4 is 10.1 Å². The molecule has 30 heavy (non-hydrogen) atoms. The molecule has 0 aliphatic carbocycles. The number of fused-ring (bicyclic) bond motifs is 1. The largest absolute Gasteiger partial charge is 0.497 e. The summed E-state index contributed by atoms with van der Waals surface area (Å²) in [5.41, 5.74) is 2.38. The summed E-state index contributed by atoms with van der Waals surface area (Å²) in [6.07, 6.45) is 0. The van der Waals surface area contributed by atoms with Gasteiger partial charge in [0.1, 0.15) is 10.8 Å².